The molecule has 1 aromatic heterocycles. The fourth-order valence-electron chi connectivity index (χ4n) is 4.41. The quantitative estimate of drug-likeness (QED) is 0.494. The summed E-state index contributed by atoms with van der Waals surface area (Å²) in [5, 5.41) is 0. The molecular formula is C26H29FN2O2. The van der Waals surface area contributed by atoms with E-state index in [1.54, 1.807) is 19.2 Å². The van der Waals surface area contributed by atoms with Crippen molar-refractivity contribution in [3.63, 3.8) is 0 Å². The third-order valence-corrected chi connectivity index (χ3v) is 6.11. The van der Waals surface area contributed by atoms with E-state index < -0.39 is 0 Å². The molecule has 3 aromatic rings. The van der Waals surface area contributed by atoms with Crippen LogP contribution in [0.15, 0.2) is 66.9 Å². The van der Waals surface area contributed by atoms with Gasteiger partial charge in [0.15, 0.2) is 0 Å². The number of halogens is 1. The lowest BCUT2D eigenvalue weighted by Gasteiger charge is -2.35. The van der Waals surface area contributed by atoms with Crippen molar-refractivity contribution in [3.05, 3.63) is 89.5 Å². The molecule has 4 nitrogen and oxygen atoms in total. The van der Waals surface area contributed by atoms with Gasteiger partial charge in [-0.3, -0.25) is 4.79 Å². The number of ether oxygens (including phenoxy) is 1. The summed E-state index contributed by atoms with van der Waals surface area (Å²) in [6.45, 7) is 1.12. The van der Waals surface area contributed by atoms with Crippen LogP contribution in [-0.2, 0) is 13.1 Å². The molecule has 0 N–H and O–H groups in total. The van der Waals surface area contributed by atoms with Gasteiger partial charge in [0.1, 0.15) is 11.6 Å². The number of methoxy groups -OCH3 is 1. The van der Waals surface area contributed by atoms with Crippen LogP contribution < -0.4 is 4.74 Å². The highest BCUT2D eigenvalue weighted by Gasteiger charge is 2.27. The lowest BCUT2D eigenvalue weighted by Crippen LogP contribution is -2.41. The molecule has 1 saturated carbocycles. The first-order chi connectivity index (χ1) is 15.1. The van der Waals surface area contributed by atoms with Gasteiger partial charge in [0, 0.05) is 30.0 Å². The molecule has 0 spiro atoms. The third-order valence-electron chi connectivity index (χ3n) is 6.11. The molecule has 1 heterocycles. The van der Waals surface area contributed by atoms with E-state index in [0.29, 0.717) is 18.7 Å². The van der Waals surface area contributed by atoms with E-state index >= 15 is 0 Å². The Bertz CT molecular complexity index is 1010. The second kappa shape index (κ2) is 9.82. The molecule has 4 rings (SSSR count). The summed E-state index contributed by atoms with van der Waals surface area (Å²) in [4.78, 5) is 15.5. The van der Waals surface area contributed by atoms with Crippen LogP contribution >= 0.6 is 0 Å². The van der Waals surface area contributed by atoms with E-state index in [2.05, 4.69) is 10.6 Å². The van der Waals surface area contributed by atoms with Crippen molar-refractivity contribution in [2.75, 3.05) is 7.11 Å². The van der Waals surface area contributed by atoms with Gasteiger partial charge in [-0.2, -0.15) is 0 Å². The van der Waals surface area contributed by atoms with Crippen molar-refractivity contribution < 1.29 is 13.9 Å². The Balaban J connectivity index is 1.58. The standard InChI is InChI=1S/C26H29FN2O2/c1-31-25-14-12-21(13-15-25)26(30)29(23-9-3-2-4-10-23)19-24-11-6-16-28(24)18-20-7-5-8-22(27)17-20/h5-8,11-17,23H,2-4,9-10,18-19H2,1H3. The summed E-state index contributed by atoms with van der Waals surface area (Å²) in [6, 6.07) is 18.3. The smallest absolute Gasteiger partial charge is 0.254 e. The highest BCUT2D eigenvalue weighted by Crippen LogP contribution is 2.26. The second-order valence-electron chi connectivity index (χ2n) is 8.21. The molecule has 162 valence electrons. The van der Waals surface area contributed by atoms with Crippen LogP contribution in [0.3, 0.4) is 0 Å². The van der Waals surface area contributed by atoms with Crippen molar-refractivity contribution in [1.29, 1.82) is 0 Å². The number of hydrogen-bond donors (Lipinski definition) is 0. The van der Waals surface area contributed by atoms with E-state index in [1.807, 2.05) is 47.5 Å². The van der Waals surface area contributed by atoms with E-state index in [9.17, 15) is 9.18 Å². The van der Waals surface area contributed by atoms with Crippen LogP contribution in [-0.4, -0.2) is 28.5 Å². The van der Waals surface area contributed by atoms with Crippen molar-refractivity contribution in [1.82, 2.24) is 9.47 Å². The SMILES string of the molecule is COc1ccc(C(=O)N(Cc2cccn2Cc2cccc(F)c2)C2CCCCC2)cc1. The number of benzene rings is 2. The van der Waals surface area contributed by atoms with Crippen LogP contribution in [0.25, 0.3) is 0 Å². The lowest BCUT2D eigenvalue weighted by atomic mass is 9.93. The Hall–Kier alpha value is -3.08. The number of carbonyl (C=O) groups excluding carboxylic acids is 1. The zero-order chi connectivity index (χ0) is 21.6. The number of aromatic nitrogens is 1. The van der Waals surface area contributed by atoms with Gasteiger partial charge in [-0.1, -0.05) is 31.4 Å². The summed E-state index contributed by atoms with van der Waals surface area (Å²) >= 11 is 0. The molecule has 1 fully saturated rings. The summed E-state index contributed by atoms with van der Waals surface area (Å²) in [7, 11) is 1.62. The van der Waals surface area contributed by atoms with Gasteiger partial charge in [0.05, 0.1) is 13.7 Å². The van der Waals surface area contributed by atoms with Gasteiger partial charge >= 0.3 is 0 Å². The number of hydrogen-bond acceptors (Lipinski definition) is 2. The molecule has 0 bridgehead atoms. The molecular weight excluding hydrogens is 391 g/mol. The molecule has 0 saturated heterocycles. The first kappa shape index (κ1) is 21.2. The van der Waals surface area contributed by atoms with Gasteiger partial charge in [-0.25, -0.2) is 4.39 Å². The van der Waals surface area contributed by atoms with Crippen LogP contribution in [0.2, 0.25) is 0 Å². The summed E-state index contributed by atoms with van der Waals surface area (Å²) in [5.74, 6) is 0.558. The Morgan fingerprint density at radius 2 is 1.84 bits per heavy atom. The molecule has 0 unspecified atom stereocenters. The molecule has 2 aromatic carbocycles. The van der Waals surface area contributed by atoms with Gasteiger partial charge in [0.2, 0.25) is 0 Å². The van der Waals surface area contributed by atoms with Gasteiger partial charge in [0.25, 0.3) is 5.91 Å². The molecule has 5 heteroatoms. The Kier molecular flexibility index (Phi) is 6.70. The second-order valence-corrected chi connectivity index (χ2v) is 8.21. The lowest BCUT2D eigenvalue weighted by molar-refractivity contribution is 0.0608. The topological polar surface area (TPSA) is 34.5 Å². The fraction of sp³-hybridized carbons (Fsp3) is 0.346. The van der Waals surface area contributed by atoms with E-state index in [4.69, 9.17) is 4.74 Å². The average molecular weight is 421 g/mol. The maximum atomic E-state index is 13.6. The minimum absolute atomic E-state index is 0.0491. The third kappa shape index (κ3) is 5.16. The van der Waals surface area contributed by atoms with E-state index in [1.165, 1.54) is 12.5 Å². The molecule has 31 heavy (non-hydrogen) atoms. The van der Waals surface area contributed by atoms with E-state index in [-0.39, 0.29) is 17.8 Å². The van der Waals surface area contributed by atoms with Gasteiger partial charge in [-0.15, -0.1) is 0 Å². The molecule has 1 amide bonds. The first-order valence-electron chi connectivity index (χ1n) is 11.0. The van der Waals surface area contributed by atoms with Crippen molar-refractivity contribution in [2.24, 2.45) is 0 Å². The number of nitrogens with zero attached hydrogens (tertiary/aromatic N) is 2. The molecule has 1 aliphatic carbocycles. The number of rotatable bonds is 7. The van der Waals surface area contributed by atoms with Crippen molar-refractivity contribution in [2.45, 2.75) is 51.2 Å². The minimum Gasteiger partial charge on any atom is -0.497 e. The largest absolute Gasteiger partial charge is 0.497 e. The number of amides is 1. The molecule has 0 radical (unpaired) electrons. The van der Waals surface area contributed by atoms with Gasteiger partial charge < -0.3 is 14.2 Å². The fourth-order valence-corrected chi connectivity index (χ4v) is 4.41. The first-order valence-corrected chi connectivity index (χ1v) is 11.0. The van der Waals surface area contributed by atoms with Crippen LogP contribution in [0.5, 0.6) is 5.75 Å². The maximum Gasteiger partial charge on any atom is 0.254 e. The van der Waals surface area contributed by atoms with Gasteiger partial charge in [-0.05, 0) is 66.9 Å². The highest BCUT2D eigenvalue weighted by atomic mass is 19.1. The zero-order valence-corrected chi connectivity index (χ0v) is 18.0. The monoisotopic (exact) mass is 420 g/mol. The minimum atomic E-state index is -0.232. The Labute approximate surface area is 183 Å². The Morgan fingerprint density at radius 3 is 2.55 bits per heavy atom. The number of carbonyl (C=O) groups is 1. The molecule has 0 aliphatic heterocycles. The predicted molar refractivity (Wildman–Crippen MR) is 120 cm³/mol. The van der Waals surface area contributed by atoms with Crippen LogP contribution in [0.4, 0.5) is 4.39 Å². The van der Waals surface area contributed by atoms with E-state index in [0.717, 1.165) is 42.7 Å². The van der Waals surface area contributed by atoms with Crippen LogP contribution in [0.1, 0.15) is 53.7 Å². The summed E-state index contributed by atoms with van der Waals surface area (Å²) < 4.78 is 21.0. The predicted octanol–water partition coefficient (Wildman–Crippen LogP) is 5.66. The highest BCUT2D eigenvalue weighted by molar-refractivity contribution is 5.94. The average Bonchev–Trinajstić information content (AvgIpc) is 3.24. The molecule has 0 atom stereocenters. The van der Waals surface area contributed by atoms with Crippen molar-refractivity contribution >= 4 is 5.91 Å². The summed E-state index contributed by atoms with van der Waals surface area (Å²) in [5.41, 5.74) is 2.63. The normalized spacial score (nSPS) is 14.4. The molecule has 1 aliphatic rings. The zero-order valence-electron chi connectivity index (χ0n) is 18.0. The Morgan fingerprint density at radius 1 is 1.06 bits per heavy atom. The van der Waals surface area contributed by atoms with Crippen molar-refractivity contribution in [3.8, 4) is 5.75 Å². The summed E-state index contributed by atoms with van der Waals surface area (Å²) in [6.07, 6.45) is 7.61. The van der Waals surface area contributed by atoms with Crippen LogP contribution in [0, 0.1) is 5.82 Å². The maximum absolute atomic E-state index is 13.6.